The van der Waals surface area contributed by atoms with Crippen molar-refractivity contribution in [3.05, 3.63) is 43.1 Å². The second-order valence-corrected chi connectivity index (χ2v) is 3.21. The number of hydrogen-bond donors (Lipinski definition) is 1. The number of benzene rings is 1. The summed E-state index contributed by atoms with van der Waals surface area (Å²) in [5, 5.41) is 1.16. The SMILES string of the molecule is c1cc(-c2ncncn2)c2[nH]ccc2c1. The van der Waals surface area contributed by atoms with E-state index in [1.165, 1.54) is 12.7 Å². The highest BCUT2D eigenvalue weighted by Gasteiger charge is 2.05. The van der Waals surface area contributed by atoms with Crippen molar-refractivity contribution in [3.8, 4) is 11.4 Å². The topological polar surface area (TPSA) is 54.5 Å². The number of H-pyrrole nitrogens is 1. The lowest BCUT2D eigenvalue weighted by Gasteiger charge is -2.00. The molecule has 0 amide bonds. The molecule has 0 spiro atoms. The van der Waals surface area contributed by atoms with Gasteiger partial charge in [-0.1, -0.05) is 12.1 Å². The first-order chi connectivity index (χ1) is 7.45. The van der Waals surface area contributed by atoms with Gasteiger partial charge in [-0.05, 0) is 12.1 Å². The molecule has 0 bridgehead atoms. The summed E-state index contributed by atoms with van der Waals surface area (Å²) in [6.07, 6.45) is 4.92. The van der Waals surface area contributed by atoms with Gasteiger partial charge in [-0.25, -0.2) is 15.0 Å². The second-order valence-electron chi connectivity index (χ2n) is 3.21. The van der Waals surface area contributed by atoms with Crippen molar-refractivity contribution in [2.75, 3.05) is 0 Å². The molecule has 0 aliphatic heterocycles. The average molecular weight is 196 g/mol. The average Bonchev–Trinajstić information content (AvgIpc) is 2.78. The van der Waals surface area contributed by atoms with Crippen molar-refractivity contribution in [2.24, 2.45) is 0 Å². The van der Waals surface area contributed by atoms with Gasteiger partial charge < -0.3 is 4.98 Å². The highest BCUT2D eigenvalue weighted by atomic mass is 15.0. The molecule has 3 rings (SSSR count). The summed E-state index contributed by atoms with van der Waals surface area (Å²) in [7, 11) is 0. The van der Waals surface area contributed by atoms with Crippen LogP contribution < -0.4 is 0 Å². The summed E-state index contributed by atoms with van der Waals surface area (Å²) in [4.78, 5) is 15.3. The van der Waals surface area contributed by atoms with Gasteiger partial charge in [0.05, 0.1) is 5.52 Å². The van der Waals surface area contributed by atoms with Crippen LogP contribution in [-0.2, 0) is 0 Å². The van der Waals surface area contributed by atoms with E-state index < -0.39 is 0 Å². The van der Waals surface area contributed by atoms with E-state index in [-0.39, 0.29) is 0 Å². The molecule has 2 aromatic heterocycles. The lowest BCUT2D eigenvalue weighted by atomic mass is 10.1. The van der Waals surface area contributed by atoms with E-state index in [0.717, 1.165) is 16.5 Å². The Morgan fingerprint density at radius 3 is 2.73 bits per heavy atom. The van der Waals surface area contributed by atoms with Crippen molar-refractivity contribution in [1.82, 2.24) is 19.9 Å². The second kappa shape index (κ2) is 3.16. The van der Waals surface area contributed by atoms with E-state index in [0.29, 0.717) is 5.82 Å². The van der Waals surface area contributed by atoms with Crippen molar-refractivity contribution in [2.45, 2.75) is 0 Å². The van der Waals surface area contributed by atoms with E-state index in [4.69, 9.17) is 0 Å². The molecular weight excluding hydrogens is 188 g/mol. The van der Waals surface area contributed by atoms with Crippen LogP contribution in [0.25, 0.3) is 22.3 Å². The molecule has 4 heteroatoms. The van der Waals surface area contributed by atoms with Crippen molar-refractivity contribution < 1.29 is 0 Å². The first kappa shape index (κ1) is 8.11. The lowest BCUT2D eigenvalue weighted by molar-refractivity contribution is 1.06. The number of hydrogen-bond acceptors (Lipinski definition) is 3. The van der Waals surface area contributed by atoms with Crippen molar-refractivity contribution in [3.63, 3.8) is 0 Å². The number of nitrogens with one attached hydrogen (secondary N) is 1. The van der Waals surface area contributed by atoms with Crippen LogP contribution in [0.5, 0.6) is 0 Å². The third-order valence-electron chi connectivity index (χ3n) is 2.32. The zero-order valence-electron chi connectivity index (χ0n) is 7.88. The molecule has 3 aromatic rings. The van der Waals surface area contributed by atoms with E-state index >= 15 is 0 Å². The predicted molar refractivity (Wildman–Crippen MR) is 57.1 cm³/mol. The van der Waals surface area contributed by atoms with Gasteiger partial charge in [0, 0.05) is 17.1 Å². The quantitative estimate of drug-likeness (QED) is 0.647. The van der Waals surface area contributed by atoms with Crippen LogP contribution in [0.3, 0.4) is 0 Å². The van der Waals surface area contributed by atoms with Gasteiger partial charge in [-0.2, -0.15) is 0 Å². The highest BCUT2D eigenvalue weighted by Crippen LogP contribution is 2.23. The summed E-state index contributed by atoms with van der Waals surface area (Å²) in [5.74, 6) is 0.693. The molecule has 0 radical (unpaired) electrons. The number of fused-ring (bicyclic) bond motifs is 1. The number of nitrogens with zero attached hydrogens (tertiary/aromatic N) is 3. The molecule has 2 heterocycles. The van der Waals surface area contributed by atoms with Gasteiger partial charge in [-0.15, -0.1) is 0 Å². The summed E-state index contributed by atoms with van der Waals surface area (Å²) in [6, 6.07) is 8.07. The fraction of sp³-hybridized carbons (Fsp3) is 0. The lowest BCUT2D eigenvalue weighted by Crippen LogP contribution is -1.89. The molecule has 1 N–H and O–H groups in total. The van der Waals surface area contributed by atoms with Crippen LogP contribution in [0.2, 0.25) is 0 Å². The fourth-order valence-electron chi connectivity index (χ4n) is 1.65. The summed E-state index contributed by atoms with van der Waals surface area (Å²) in [5.41, 5.74) is 2.06. The fourth-order valence-corrected chi connectivity index (χ4v) is 1.65. The minimum atomic E-state index is 0.693. The van der Waals surface area contributed by atoms with E-state index in [9.17, 15) is 0 Å². The van der Waals surface area contributed by atoms with Crippen LogP contribution >= 0.6 is 0 Å². The maximum Gasteiger partial charge on any atom is 0.164 e. The molecule has 0 unspecified atom stereocenters. The Balaban J connectivity index is 2.31. The molecule has 0 aliphatic rings. The van der Waals surface area contributed by atoms with Crippen LogP contribution in [0, 0.1) is 0 Å². The monoisotopic (exact) mass is 196 g/mol. The Bertz CT molecular complexity index is 586. The summed E-state index contributed by atoms with van der Waals surface area (Å²) < 4.78 is 0. The number of aromatic nitrogens is 4. The largest absolute Gasteiger partial charge is 0.361 e. The van der Waals surface area contributed by atoms with E-state index in [1.54, 1.807) is 0 Å². The smallest absolute Gasteiger partial charge is 0.164 e. The molecule has 0 atom stereocenters. The number of aromatic amines is 1. The van der Waals surface area contributed by atoms with E-state index in [2.05, 4.69) is 26.0 Å². The Kier molecular flexibility index (Phi) is 1.71. The molecule has 0 saturated carbocycles. The van der Waals surface area contributed by atoms with Gasteiger partial charge in [0.1, 0.15) is 12.7 Å². The minimum absolute atomic E-state index is 0.693. The number of rotatable bonds is 1. The standard InChI is InChI=1S/C11H8N4/c1-2-8-4-5-13-10(8)9(3-1)11-14-6-12-7-15-11/h1-7,13H. The Hall–Kier alpha value is -2.23. The first-order valence-corrected chi connectivity index (χ1v) is 4.63. The third-order valence-corrected chi connectivity index (χ3v) is 2.32. The molecule has 15 heavy (non-hydrogen) atoms. The van der Waals surface area contributed by atoms with Gasteiger partial charge in [0.2, 0.25) is 0 Å². The molecule has 1 aromatic carbocycles. The van der Waals surface area contributed by atoms with Crippen LogP contribution in [-0.4, -0.2) is 19.9 Å². The molecule has 72 valence electrons. The van der Waals surface area contributed by atoms with Gasteiger partial charge in [0.15, 0.2) is 5.82 Å². The summed E-state index contributed by atoms with van der Waals surface area (Å²) in [6.45, 7) is 0. The van der Waals surface area contributed by atoms with Crippen LogP contribution in [0.4, 0.5) is 0 Å². The van der Waals surface area contributed by atoms with E-state index in [1.807, 2.05) is 24.4 Å². The number of para-hydroxylation sites is 1. The molecule has 0 saturated heterocycles. The molecule has 0 fully saturated rings. The highest BCUT2D eigenvalue weighted by molar-refractivity contribution is 5.92. The third kappa shape index (κ3) is 1.27. The maximum atomic E-state index is 4.14. The normalized spacial score (nSPS) is 10.7. The molecule has 4 nitrogen and oxygen atoms in total. The Morgan fingerprint density at radius 2 is 1.87 bits per heavy atom. The summed E-state index contributed by atoms with van der Waals surface area (Å²) >= 11 is 0. The molecular formula is C11H8N4. The Labute approximate surface area is 86.0 Å². The van der Waals surface area contributed by atoms with Crippen molar-refractivity contribution in [1.29, 1.82) is 0 Å². The van der Waals surface area contributed by atoms with Crippen LogP contribution in [0.15, 0.2) is 43.1 Å². The predicted octanol–water partition coefficient (Wildman–Crippen LogP) is 2.02. The van der Waals surface area contributed by atoms with Crippen molar-refractivity contribution >= 4 is 10.9 Å². The maximum absolute atomic E-state index is 4.14. The van der Waals surface area contributed by atoms with Gasteiger partial charge in [-0.3, -0.25) is 0 Å². The molecule has 0 aliphatic carbocycles. The Morgan fingerprint density at radius 1 is 1.00 bits per heavy atom. The van der Waals surface area contributed by atoms with Crippen LogP contribution in [0.1, 0.15) is 0 Å². The first-order valence-electron chi connectivity index (χ1n) is 4.63. The van der Waals surface area contributed by atoms with Gasteiger partial charge in [0.25, 0.3) is 0 Å². The minimum Gasteiger partial charge on any atom is -0.361 e. The van der Waals surface area contributed by atoms with Gasteiger partial charge >= 0.3 is 0 Å². The zero-order valence-corrected chi connectivity index (χ0v) is 7.88. The zero-order chi connectivity index (χ0) is 10.1.